The highest BCUT2D eigenvalue weighted by Gasteiger charge is 2.22. The highest BCUT2D eigenvalue weighted by molar-refractivity contribution is 5.75. The molecule has 2 N–H and O–H groups in total. The Hall–Kier alpha value is -1.22. The molecule has 0 radical (unpaired) electrons. The molecule has 0 unspecified atom stereocenters. The third-order valence-electron chi connectivity index (χ3n) is 4.10. The van der Waals surface area contributed by atoms with Gasteiger partial charge in [-0.2, -0.15) is 0 Å². The van der Waals surface area contributed by atoms with E-state index in [1.165, 1.54) is 0 Å². The van der Waals surface area contributed by atoms with Crippen molar-refractivity contribution in [3.8, 4) is 0 Å². The Bertz CT molecular complexity index is 424. The van der Waals surface area contributed by atoms with Crippen molar-refractivity contribution in [3.05, 3.63) is 0 Å². The molecule has 0 aliphatic rings. The highest BCUT2D eigenvalue weighted by atomic mass is 16.5. The van der Waals surface area contributed by atoms with Crippen LogP contribution in [0.15, 0.2) is 0 Å². The summed E-state index contributed by atoms with van der Waals surface area (Å²) < 4.78 is 21.7. The lowest BCUT2D eigenvalue weighted by Gasteiger charge is -2.28. The van der Waals surface area contributed by atoms with Gasteiger partial charge in [-0.05, 0) is 40.5 Å². The molecule has 0 spiro atoms. The molecular weight excluding hydrogens is 354 g/mol. The number of nitrogens with one attached hydrogen (secondary N) is 1. The standard InChI is InChI=1S/C19H37NO7/c1-18(2,24-5)9-12-27-19(3,4)8-6-16(21)20-10-13-26-15-14-25-11-7-17(22)23/h6-15H2,1-5H3,(H,20,21)(H,22,23). The van der Waals surface area contributed by atoms with Gasteiger partial charge in [0, 0.05) is 20.1 Å². The van der Waals surface area contributed by atoms with E-state index in [-0.39, 0.29) is 30.1 Å². The molecule has 27 heavy (non-hydrogen) atoms. The average molecular weight is 392 g/mol. The van der Waals surface area contributed by atoms with Crippen LogP contribution in [0.25, 0.3) is 0 Å². The van der Waals surface area contributed by atoms with Crippen molar-refractivity contribution in [3.63, 3.8) is 0 Å². The van der Waals surface area contributed by atoms with Gasteiger partial charge < -0.3 is 29.4 Å². The Labute approximate surface area is 162 Å². The number of hydrogen-bond donors (Lipinski definition) is 2. The largest absolute Gasteiger partial charge is 0.481 e. The molecule has 0 aromatic heterocycles. The lowest BCUT2D eigenvalue weighted by atomic mass is 10.0. The Balaban J connectivity index is 3.65. The van der Waals surface area contributed by atoms with Gasteiger partial charge in [0.25, 0.3) is 0 Å². The molecule has 0 atom stereocenters. The highest BCUT2D eigenvalue weighted by Crippen LogP contribution is 2.20. The van der Waals surface area contributed by atoms with Crippen molar-refractivity contribution in [2.24, 2.45) is 0 Å². The summed E-state index contributed by atoms with van der Waals surface area (Å²) in [5.41, 5.74) is -0.584. The summed E-state index contributed by atoms with van der Waals surface area (Å²) >= 11 is 0. The van der Waals surface area contributed by atoms with Crippen molar-refractivity contribution < 1.29 is 33.6 Å². The van der Waals surface area contributed by atoms with Crippen LogP contribution < -0.4 is 5.32 Å². The first kappa shape index (κ1) is 25.8. The molecule has 0 aliphatic heterocycles. The normalized spacial score (nSPS) is 12.2. The smallest absolute Gasteiger partial charge is 0.305 e. The maximum atomic E-state index is 11.9. The number of amides is 1. The number of methoxy groups -OCH3 is 1. The fourth-order valence-corrected chi connectivity index (χ4v) is 1.99. The van der Waals surface area contributed by atoms with E-state index in [9.17, 15) is 9.59 Å². The summed E-state index contributed by atoms with van der Waals surface area (Å²) in [4.78, 5) is 22.2. The van der Waals surface area contributed by atoms with Crippen LogP contribution in [0.5, 0.6) is 0 Å². The van der Waals surface area contributed by atoms with Gasteiger partial charge in [0.2, 0.25) is 5.91 Å². The molecule has 0 fully saturated rings. The van der Waals surface area contributed by atoms with Gasteiger partial charge in [0.15, 0.2) is 0 Å². The van der Waals surface area contributed by atoms with Gasteiger partial charge in [-0.1, -0.05) is 0 Å². The van der Waals surface area contributed by atoms with Crippen LogP contribution in [0.4, 0.5) is 0 Å². The Morgan fingerprint density at radius 1 is 0.852 bits per heavy atom. The van der Waals surface area contributed by atoms with Crippen LogP contribution in [0, 0.1) is 0 Å². The van der Waals surface area contributed by atoms with E-state index in [0.717, 1.165) is 6.42 Å². The van der Waals surface area contributed by atoms with Crippen LogP contribution in [0.2, 0.25) is 0 Å². The van der Waals surface area contributed by atoms with Crippen LogP contribution in [-0.2, 0) is 28.5 Å². The number of hydrogen-bond acceptors (Lipinski definition) is 6. The molecular formula is C19H37NO7. The number of carboxylic acids is 1. The number of carboxylic acid groups (broad SMARTS) is 1. The molecule has 0 aliphatic carbocycles. The molecule has 160 valence electrons. The number of aliphatic carboxylic acids is 1. The monoisotopic (exact) mass is 391 g/mol. The Morgan fingerprint density at radius 2 is 1.48 bits per heavy atom. The van der Waals surface area contributed by atoms with Gasteiger partial charge >= 0.3 is 5.97 Å². The van der Waals surface area contributed by atoms with E-state index in [2.05, 4.69) is 5.32 Å². The zero-order valence-electron chi connectivity index (χ0n) is 17.5. The predicted octanol–water partition coefficient (Wildman–Crippen LogP) is 2.00. The van der Waals surface area contributed by atoms with Crippen LogP contribution in [0.3, 0.4) is 0 Å². The second-order valence-corrected chi connectivity index (χ2v) is 7.54. The predicted molar refractivity (Wildman–Crippen MR) is 102 cm³/mol. The van der Waals surface area contributed by atoms with Crippen molar-refractivity contribution in [2.45, 2.75) is 64.6 Å². The molecule has 0 heterocycles. The number of ether oxygens (including phenoxy) is 4. The maximum absolute atomic E-state index is 11.9. The van der Waals surface area contributed by atoms with Crippen molar-refractivity contribution >= 4 is 11.9 Å². The zero-order chi connectivity index (χ0) is 20.8. The number of carbonyl (C=O) groups is 2. The Morgan fingerprint density at radius 3 is 2.07 bits per heavy atom. The molecule has 8 nitrogen and oxygen atoms in total. The summed E-state index contributed by atoms with van der Waals surface area (Å²) in [5.74, 6) is -0.920. The van der Waals surface area contributed by atoms with E-state index in [1.807, 2.05) is 27.7 Å². The quantitative estimate of drug-likeness (QED) is 0.366. The second-order valence-electron chi connectivity index (χ2n) is 7.54. The summed E-state index contributed by atoms with van der Waals surface area (Å²) in [7, 11) is 1.69. The summed E-state index contributed by atoms with van der Waals surface area (Å²) in [6.07, 6.45) is 1.79. The third-order valence-corrected chi connectivity index (χ3v) is 4.10. The van der Waals surface area contributed by atoms with E-state index >= 15 is 0 Å². The molecule has 0 bridgehead atoms. The van der Waals surface area contributed by atoms with Crippen LogP contribution in [0.1, 0.15) is 53.4 Å². The Kier molecular flexibility index (Phi) is 13.2. The van der Waals surface area contributed by atoms with Gasteiger partial charge in [-0.3, -0.25) is 9.59 Å². The molecule has 1 amide bonds. The van der Waals surface area contributed by atoms with Gasteiger partial charge in [0.05, 0.1) is 50.7 Å². The lowest BCUT2D eigenvalue weighted by Crippen LogP contribution is -2.33. The maximum Gasteiger partial charge on any atom is 0.305 e. The van der Waals surface area contributed by atoms with Crippen molar-refractivity contribution in [1.29, 1.82) is 0 Å². The molecule has 0 aromatic rings. The molecule has 0 saturated heterocycles. The summed E-state index contributed by atoms with van der Waals surface area (Å²) in [6.45, 7) is 10.3. The zero-order valence-corrected chi connectivity index (χ0v) is 17.5. The topological polar surface area (TPSA) is 103 Å². The second kappa shape index (κ2) is 13.9. The van der Waals surface area contributed by atoms with Crippen LogP contribution >= 0.6 is 0 Å². The fraction of sp³-hybridized carbons (Fsp3) is 0.895. The van der Waals surface area contributed by atoms with E-state index in [0.29, 0.717) is 45.8 Å². The molecule has 0 aromatic carbocycles. The first-order valence-corrected chi connectivity index (χ1v) is 9.41. The molecule has 8 heteroatoms. The number of carbonyl (C=O) groups excluding carboxylic acids is 1. The van der Waals surface area contributed by atoms with Gasteiger partial charge in [-0.25, -0.2) is 0 Å². The first-order valence-electron chi connectivity index (χ1n) is 9.41. The summed E-state index contributed by atoms with van der Waals surface area (Å²) in [6, 6.07) is 0. The number of rotatable bonds is 17. The average Bonchev–Trinajstić information content (AvgIpc) is 2.58. The van der Waals surface area contributed by atoms with Gasteiger partial charge in [0.1, 0.15) is 0 Å². The van der Waals surface area contributed by atoms with Crippen molar-refractivity contribution in [2.75, 3.05) is 46.7 Å². The summed E-state index contributed by atoms with van der Waals surface area (Å²) in [5, 5.41) is 11.3. The third kappa shape index (κ3) is 16.7. The first-order chi connectivity index (χ1) is 12.6. The van der Waals surface area contributed by atoms with Crippen LogP contribution in [-0.4, -0.2) is 74.9 Å². The SMILES string of the molecule is COC(C)(C)CCOC(C)(C)CCC(=O)NCCOCCOCCC(=O)O. The minimum absolute atomic E-state index is 0.0136. The minimum Gasteiger partial charge on any atom is -0.481 e. The fourth-order valence-electron chi connectivity index (χ4n) is 1.99. The van der Waals surface area contributed by atoms with E-state index in [1.54, 1.807) is 7.11 Å². The molecule has 0 rings (SSSR count). The van der Waals surface area contributed by atoms with E-state index < -0.39 is 5.97 Å². The molecule has 0 saturated carbocycles. The van der Waals surface area contributed by atoms with Gasteiger partial charge in [-0.15, -0.1) is 0 Å². The lowest BCUT2D eigenvalue weighted by molar-refractivity contribution is -0.138. The minimum atomic E-state index is -0.883. The van der Waals surface area contributed by atoms with Crippen molar-refractivity contribution in [1.82, 2.24) is 5.32 Å². The van der Waals surface area contributed by atoms with E-state index in [4.69, 9.17) is 24.1 Å².